The fraction of sp³-hybridized carbons (Fsp3) is 0.667. The minimum atomic E-state index is -0.0977. The van der Waals surface area contributed by atoms with Crippen LogP contribution in [0.4, 0.5) is 4.39 Å². The highest BCUT2D eigenvalue weighted by Gasteiger charge is 2.45. The highest BCUT2D eigenvalue weighted by Crippen LogP contribution is 2.48. The van der Waals surface area contributed by atoms with Crippen molar-refractivity contribution in [2.24, 2.45) is 4.99 Å². The topological polar surface area (TPSA) is 39.7 Å². The highest BCUT2D eigenvalue weighted by atomic mass is 19.1. The maximum Gasteiger partial charge on any atom is 0.191 e. The number of nitrogens with one attached hydrogen (secondary N) is 2. The van der Waals surface area contributed by atoms with Gasteiger partial charge in [0.05, 0.1) is 0 Å². The van der Waals surface area contributed by atoms with Crippen LogP contribution in [0, 0.1) is 5.82 Å². The zero-order valence-electron chi connectivity index (χ0n) is 16.8. The molecule has 0 aromatic heterocycles. The minimum Gasteiger partial charge on any atom is -0.356 e. The molecule has 2 N–H and O–H groups in total. The van der Waals surface area contributed by atoms with E-state index in [2.05, 4.69) is 41.3 Å². The summed E-state index contributed by atoms with van der Waals surface area (Å²) in [6, 6.07) is 7.50. The molecular weight excluding hydrogens is 327 g/mol. The number of hydrogen-bond donors (Lipinski definition) is 2. The summed E-state index contributed by atoms with van der Waals surface area (Å²) in [4.78, 5) is 6.79. The predicted octanol–water partition coefficient (Wildman–Crippen LogP) is 3.53. The van der Waals surface area contributed by atoms with E-state index in [1.807, 2.05) is 12.1 Å². The molecule has 1 unspecified atom stereocenters. The summed E-state index contributed by atoms with van der Waals surface area (Å²) in [5, 5.41) is 6.88. The smallest absolute Gasteiger partial charge is 0.191 e. The normalized spacial score (nSPS) is 17.2. The molecule has 1 aromatic carbocycles. The Balaban J connectivity index is 1.78. The summed E-state index contributed by atoms with van der Waals surface area (Å²) >= 11 is 0. The van der Waals surface area contributed by atoms with Crippen LogP contribution in [0.25, 0.3) is 0 Å². The average Bonchev–Trinajstić information content (AvgIpc) is 3.43. The van der Waals surface area contributed by atoms with Crippen molar-refractivity contribution in [3.8, 4) is 0 Å². The van der Waals surface area contributed by atoms with Gasteiger partial charge in [-0.25, -0.2) is 4.39 Å². The molecule has 2 rings (SSSR count). The molecule has 1 aromatic rings. The van der Waals surface area contributed by atoms with Gasteiger partial charge in [-0.3, -0.25) is 4.99 Å². The van der Waals surface area contributed by atoms with Crippen molar-refractivity contribution in [3.63, 3.8) is 0 Å². The van der Waals surface area contributed by atoms with Crippen LogP contribution in [-0.2, 0) is 5.41 Å². The Hall–Kier alpha value is -1.62. The number of hydrogen-bond acceptors (Lipinski definition) is 2. The zero-order valence-corrected chi connectivity index (χ0v) is 16.8. The number of halogens is 1. The van der Waals surface area contributed by atoms with E-state index in [1.165, 1.54) is 6.42 Å². The third kappa shape index (κ3) is 5.70. The Kier molecular flexibility index (Phi) is 7.88. The maximum absolute atomic E-state index is 14.1. The van der Waals surface area contributed by atoms with Gasteiger partial charge >= 0.3 is 0 Å². The lowest BCUT2D eigenvalue weighted by molar-refractivity contribution is 0.292. The van der Waals surface area contributed by atoms with Crippen LogP contribution in [0.2, 0.25) is 0 Å². The fourth-order valence-corrected chi connectivity index (χ4v) is 3.50. The molecule has 0 saturated heterocycles. The number of rotatable bonds is 10. The van der Waals surface area contributed by atoms with Crippen molar-refractivity contribution in [2.45, 2.75) is 57.9 Å². The van der Waals surface area contributed by atoms with E-state index in [9.17, 15) is 4.39 Å². The van der Waals surface area contributed by atoms with Gasteiger partial charge in [0, 0.05) is 25.0 Å². The lowest BCUT2D eigenvalue weighted by atomic mass is 9.95. The predicted molar refractivity (Wildman–Crippen MR) is 108 cm³/mol. The van der Waals surface area contributed by atoms with Crippen molar-refractivity contribution < 1.29 is 4.39 Å². The van der Waals surface area contributed by atoms with Crippen LogP contribution in [0.3, 0.4) is 0 Å². The van der Waals surface area contributed by atoms with Crippen LogP contribution in [-0.4, -0.2) is 50.1 Å². The molecule has 146 valence electrons. The first kappa shape index (κ1) is 20.7. The van der Waals surface area contributed by atoms with Crippen molar-refractivity contribution in [2.75, 3.05) is 33.2 Å². The van der Waals surface area contributed by atoms with Crippen LogP contribution in [0.15, 0.2) is 29.3 Å². The van der Waals surface area contributed by atoms with Gasteiger partial charge in [0.15, 0.2) is 5.96 Å². The molecule has 1 saturated carbocycles. The van der Waals surface area contributed by atoms with E-state index in [4.69, 9.17) is 0 Å². The van der Waals surface area contributed by atoms with E-state index >= 15 is 0 Å². The molecule has 1 fully saturated rings. The van der Waals surface area contributed by atoms with Gasteiger partial charge in [0.25, 0.3) is 0 Å². The Morgan fingerprint density at radius 3 is 2.54 bits per heavy atom. The standard InChI is InChI=1S/C21H35FN4/c1-5-26(6-2)15-9-10-17(3)25-20(23-4)24-16-21(13-14-21)18-11-7-8-12-19(18)22/h7-8,11-12,17H,5-6,9-10,13-16H2,1-4H3,(H2,23,24,25). The number of aliphatic imine (C=N–C) groups is 1. The summed E-state index contributed by atoms with van der Waals surface area (Å²) in [5.74, 6) is 0.711. The number of guanidine groups is 1. The average molecular weight is 363 g/mol. The molecule has 0 amide bonds. The van der Waals surface area contributed by atoms with E-state index in [0.29, 0.717) is 6.04 Å². The third-order valence-electron chi connectivity index (χ3n) is 5.51. The molecule has 0 heterocycles. The van der Waals surface area contributed by atoms with Crippen LogP contribution in [0.1, 0.15) is 52.0 Å². The Bertz CT molecular complexity index is 579. The van der Waals surface area contributed by atoms with E-state index in [0.717, 1.165) is 57.0 Å². The largest absolute Gasteiger partial charge is 0.356 e. The fourth-order valence-electron chi connectivity index (χ4n) is 3.50. The van der Waals surface area contributed by atoms with Crippen molar-refractivity contribution in [3.05, 3.63) is 35.6 Å². The molecule has 0 bridgehead atoms. The third-order valence-corrected chi connectivity index (χ3v) is 5.51. The van der Waals surface area contributed by atoms with E-state index in [1.54, 1.807) is 19.2 Å². The molecular formula is C21H35FN4. The summed E-state index contributed by atoms with van der Waals surface area (Å²) < 4.78 is 14.1. The van der Waals surface area contributed by atoms with Gasteiger partial charge in [0.1, 0.15) is 5.82 Å². The molecule has 4 nitrogen and oxygen atoms in total. The minimum absolute atomic E-state index is 0.0744. The first-order valence-corrected chi connectivity index (χ1v) is 9.99. The van der Waals surface area contributed by atoms with Gasteiger partial charge in [-0.15, -0.1) is 0 Å². The first-order valence-electron chi connectivity index (χ1n) is 9.99. The van der Waals surface area contributed by atoms with Gasteiger partial charge in [0.2, 0.25) is 0 Å². The molecule has 0 spiro atoms. The van der Waals surface area contributed by atoms with Gasteiger partial charge < -0.3 is 15.5 Å². The Morgan fingerprint density at radius 1 is 1.27 bits per heavy atom. The summed E-state index contributed by atoms with van der Waals surface area (Å²) in [5.41, 5.74) is 0.754. The monoisotopic (exact) mass is 362 g/mol. The van der Waals surface area contributed by atoms with Gasteiger partial charge in [-0.1, -0.05) is 32.0 Å². The molecule has 0 radical (unpaired) electrons. The zero-order chi connectivity index (χ0) is 19.0. The molecule has 1 aliphatic carbocycles. The number of nitrogens with zero attached hydrogens (tertiary/aromatic N) is 2. The summed E-state index contributed by atoms with van der Waals surface area (Å²) in [6.07, 6.45) is 4.33. The second kappa shape index (κ2) is 9.91. The Labute approximate surface area is 158 Å². The Morgan fingerprint density at radius 2 is 1.96 bits per heavy atom. The molecule has 1 aliphatic rings. The molecule has 5 heteroatoms. The second-order valence-electron chi connectivity index (χ2n) is 7.40. The first-order chi connectivity index (χ1) is 12.5. The molecule has 1 atom stereocenters. The van der Waals surface area contributed by atoms with Crippen LogP contribution < -0.4 is 10.6 Å². The second-order valence-corrected chi connectivity index (χ2v) is 7.40. The van der Waals surface area contributed by atoms with Crippen molar-refractivity contribution in [1.29, 1.82) is 0 Å². The highest BCUT2D eigenvalue weighted by molar-refractivity contribution is 5.80. The molecule has 26 heavy (non-hydrogen) atoms. The van der Waals surface area contributed by atoms with E-state index < -0.39 is 0 Å². The lowest BCUT2D eigenvalue weighted by Gasteiger charge is -2.23. The number of benzene rings is 1. The SMILES string of the molecule is CCN(CC)CCCC(C)NC(=NC)NCC1(c2ccccc2F)CC1. The summed E-state index contributed by atoms with van der Waals surface area (Å²) in [7, 11) is 1.79. The summed E-state index contributed by atoms with van der Waals surface area (Å²) in [6.45, 7) is 10.7. The van der Waals surface area contributed by atoms with Crippen LogP contribution >= 0.6 is 0 Å². The van der Waals surface area contributed by atoms with Crippen LogP contribution in [0.5, 0.6) is 0 Å². The van der Waals surface area contributed by atoms with Crippen molar-refractivity contribution in [1.82, 2.24) is 15.5 Å². The van der Waals surface area contributed by atoms with Gasteiger partial charge in [-0.2, -0.15) is 0 Å². The van der Waals surface area contributed by atoms with Crippen molar-refractivity contribution >= 4 is 5.96 Å². The quantitative estimate of drug-likeness (QED) is 0.494. The van der Waals surface area contributed by atoms with Gasteiger partial charge in [-0.05, 0) is 63.9 Å². The maximum atomic E-state index is 14.1. The van der Waals surface area contributed by atoms with E-state index in [-0.39, 0.29) is 11.2 Å². The molecule has 0 aliphatic heterocycles. The lowest BCUT2D eigenvalue weighted by Crippen LogP contribution is -2.45.